The van der Waals surface area contributed by atoms with Crippen molar-refractivity contribution in [1.82, 2.24) is 5.32 Å². The van der Waals surface area contributed by atoms with Crippen LogP contribution in [0.5, 0.6) is 5.75 Å². The van der Waals surface area contributed by atoms with Gasteiger partial charge in [-0.15, -0.1) is 0 Å². The topological polar surface area (TPSA) is 21.3 Å². The number of benzene rings is 1. The molecule has 1 heterocycles. The Hall–Kier alpha value is -0.730. The Bertz CT molecular complexity index is 397. The van der Waals surface area contributed by atoms with Crippen LogP contribution in [-0.2, 0) is 0 Å². The molecule has 1 aliphatic heterocycles. The fourth-order valence-corrected chi connectivity index (χ4v) is 2.82. The molecule has 0 bridgehead atoms. The van der Waals surface area contributed by atoms with Crippen molar-refractivity contribution in [3.05, 3.63) is 28.3 Å². The van der Waals surface area contributed by atoms with Crippen LogP contribution in [0.2, 0.25) is 5.02 Å². The smallest absolute Gasteiger partial charge is 0.124 e. The summed E-state index contributed by atoms with van der Waals surface area (Å²) in [5.41, 5.74) is 2.35. The molecule has 2 rings (SSSR count). The van der Waals surface area contributed by atoms with Gasteiger partial charge in [0.2, 0.25) is 0 Å². The molecule has 17 heavy (non-hydrogen) atoms. The lowest BCUT2D eigenvalue weighted by atomic mass is 9.97. The molecule has 1 aliphatic rings. The van der Waals surface area contributed by atoms with Crippen molar-refractivity contribution in [3.63, 3.8) is 0 Å². The molecule has 0 aromatic heterocycles. The third kappa shape index (κ3) is 2.58. The lowest BCUT2D eigenvalue weighted by Crippen LogP contribution is -2.14. The van der Waals surface area contributed by atoms with Gasteiger partial charge in [0.15, 0.2) is 0 Å². The zero-order chi connectivity index (χ0) is 12.4. The Kier molecular flexibility index (Phi) is 3.95. The zero-order valence-corrected chi connectivity index (χ0v) is 11.5. The van der Waals surface area contributed by atoms with Gasteiger partial charge in [-0.25, -0.2) is 0 Å². The van der Waals surface area contributed by atoms with E-state index in [4.69, 9.17) is 16.3 Å². The van der Waals surface area contributed by atoms with Gasteiger partial charge in [-0.1, -0.05) is 25.4 Å². The van der Waals surface area contributed by atoms with E-state index in [-0.39, 0.29) is 0 Å². The molecule has 1 fully saturated rings. The van der Waals surface area contributed by atoms with Crippen molar-refractivity contribution in [2.75, 3.05) is 13.7 Å². The average Bonchev–Trinajstić information content (AvgIpc) is 2.81. The van der Waals surface area contributed by atoms with E-state index < -0.39 is 0 Å². The van der Waals surface area contributed by atoms with Crippen molar-refractivity contribution in [3.8, 4) is 5.75 Å². The number of methoxy groups -OCH3 is 1. The molecular formula is C14H20ClNO. The number of halogens is 1. The Morgan fingerprint density at radius 1 is 1.41 bits per heavy atom. The third-order valence-corrected chi connectivity index (χ3v) is 3.73. The quantitative estimate of drug-likeness (QED) is 0.882. The van der Waals surface area contributed by atoms with E-state index in [0.717, 1.165) is 29.3 Å². The van der Waals surface area contributed by atoms with E-state index in [0.29, 0.717) is 12.0 Å². The van der Waals surface area contributed by atoms with E-state index >= 15 is 0 Å². The molecule has 1 aromatic rings. The second-order valence-electron chi connectivity index (χ2n) is 4.92. The van der Waals surface area contributed by atoms with Crippen LogP contribution in [0.3, 0.4) is 0 Å². The lowest BCUT2D eigenvalue weighted by molar-refractivity contribution is 0.402. The molecular weight excluding hydrogens is 234 g/mol. The minimum Gasteiger partial charge on any atom is -0.496 e. The van der Waals surface area contributed by atoms with Gasteiger partial charge in [-0.2, -0.15) is 0 Å². The lowest BCUT2D eigenvalue weighted by Gasteiger charge is -2.18. The Morgan fingerprint density at radius 3 is 2.71 bits per heavy atom. The summed E-state index contributed by atoms with van der Waals surface area (Å²) in [5.74, 6) is 1.37. The molecule has 1 aromatic carbocycles. The monoisotopic (exact) mass is 253 g/mol. The Labute approximate surface area is 108 Å². The number of hydrogen-bond acceptors (Lipinski definition) is 2. The summed E-state index contributed by atoms with van der Waals surface area (Å²) in [6.45, 7) is 5.37. The molecule has 0 radical (unpaired) electrons. The molecule has 94 valence electrons. The molecule has 1 atom stereocenters. The van der Waals surface area contributed by atoms with Crippen molar-refractivity contribution < 1.29 is 4.74 Å². The van der Waals surface area contributed by atoms with Crippen LogP contribution in [0.25, 0.3) is 0 Å². The molecule has 1 saturated heterocycles. The fourth-order valence-electron chi connectivity index (χ4n) is 2.43. The van der Waals surface area contributed by atoms with Gasteiger partial charge >= 0.3 is 0 Å². The summed E-state index contributed by atoms with van der Waals surface area (Å²) in [6, 6.07) is 4.55. The summed E-state index contributed by atoms with van der Waals surface area (Å²) >= 11 is 6.35. The normalized spacial score (nSPS) is 19.9. The molecule has 0 spiro atoms. The molecule has 3 heteroatoms. The molecule has 0 saturated carbocycles. The number of rotatable bonds is 3. The van der Waals surface area contributed by atoms with E-state index in [1.807, 2.05) is 0 Å². The Morgan fingerprint density at radius 2 is 2.18 bits per heavy atom. The van der Waals surface area contributed by atoms with E-state index in [1.54, 1.807) is 7.11 Å². The van der Waals surface area contributed by atoms with Crippen LogP contribution >= 0.6 is 11.6 Å². The number of nitrogens with one attached hydrogen (secondary N) is 1. The highest BCUT2D eigenvalue weighted by Crippen LogP contribution is 2.37. The summed E-state index contributed by atoms with van der Waals surface area (Å²) in [7, 11) is 1.73. The van der Waals surface area contributed by atoms with Gasteiger partial charge in [-0.3, -0.25) is 0 Å². The molecule has 1 unspecified atom stereocenters. The first-order valence-corrected chi connectivity index (χ1v) is 6.62. The highest BCUT2D eigenvalue weighted by atomic mass is 35.5. The second kappa shape index (κ2) is 5.28. The first-order valence-electron chi connectivity index (χ1n) is 6.24. The van der Waals surface area contributed by atoms with Crippen molar-refractivity contribution in [1.29, 1.82) is 0 Å². The number of ether oxygens (including phenoxy) is 1. The predicted molar refractivity (Wildman–Crippen MR) is 72.1 cm³/mol. The van der Waals surface area contributed by atoms with Crippen LogP contribution < -0.4 is 10.1 Å². The maximum Gasteiger partial charge on any atom is 0.124 e. The zero-order valence-electron chi connectivity index (χ0n) is 10.7. The van der Waals surface area contributed by atoms with Crippen molar-refractivity contribution in [2.24, 2.45) is 0 Å². The highest BCUT2D eigenvalue weighted by Gasteiger charge is 2.21. The van der Waals surface area contributed by atoms with Crippen LogP contribution in [0.4, 0.5) is 0 Å². The summed E-state index contributed by atoms with van der Waals surface area (Å²) < 4.78 is 5.50. The fraction of sp³-hybridized carbons (Fsp3) is 0.571. The number of hydrogen-bond donors (Lipinski definition) is 1. The summed E-state index contributed by atoms with van der Waals surface area (Å²) in [6.07, 6.45) is 2.38. The van der Waals surface area contributed by atoms with Gasteiger partial charge in [0, 0.05) is 16.6 Å². The van der Waals surface area contributed by atoms with Crippen LogP contribution in [0.1, 0.15) is 49.8 Å². The summed E-state index contributed by atoms with van der Waals surface area (Å²) in [5, 5.41) is 4.34. The minimum absolute atomic E-state index is 0.392. The molecule has 2 nitrogen and oxygen atoms in total. The van der Waals surface area contributed by atoms with Gasteiger partial charge in [0.1, 0.15) is 5.75 Å². The average molecular weight is 254 g/mol. The van der Waals surface area contributed by atoms with Crippen molar-refractivity contribution in [2.45, 2.75) is 38.6 Å². The Balaban J connectivity index is 2.41. The second-order valence-corrected chi connectivity index (χ2v) is 5.33. The standard InChI is InChI=1S/C14H20ClNO/c1-9(2)10-8-14(17-3)11(7-12(10)15)13-5-4-6-16-13/h7-9,13,16H,4-6H2,1-3H3. The van der Waals surface area contributed by atoms with E-state index in [9.17, 15) is 0 Å². The van der Waals surface area contributed by atoms with Gasteiger partial charge in [0.25, 0.3) is 0 Å². The van der Waals surface area contributed by atoms with Crippen LogP contribution in [0, 0.1) is 0 Å². The third-order valence-electron chi connectivity index (χ3n) is 3.41. The van der Waals surface area contributed by atoms with E-state index in [1.165, 1.54) is 12.0 Å². The van der Waals surface area contributed by atoms with Gasteiger partial charge in [0.05, 0.1) is 7.11 Å². The first-order chi connectivity index (χ1) is 8.13. The summed E-state index contributed by atoms with van der Waals surface area (Å²) in [4.78, 5) is 0. The predicted octanol–water partition coefficient (Wildman–Crippen LogP) is 3.90. The molecule has 0 aliphatic carbocycles. The van der Waals surface area contributed by atoms with E-state index in [2.05, 4.69) is 31.3 Å². The highest BCUT2D eigenvalue weighted by molar-refractivity contribution is 6.31. The van der Waals surface area contributed by atoms with Crippen LogP contribution in [0.15, 0.2) is 12.1 Å². The van der Waals surface area contributed by atoms with Crippen LogP contribution in [-0.4, -0.2) is 13.7 Å². The van der Waals surface area contributed by atoms with Gasteiger partial charge < -0.3 is 10.1 Å². The van der Waals surface area contributed by atoms with Gasteiger partial charge in [-0.05, 0) is 43.0 Å². The molecule has 1 N–H and O–H groups in total. The maximum atomic E-state index is 6.35. The molecule has 0 amide bonds. The van der Waals surface area contributed by atoms with Crippen molar-refractivity contribution >= 4 is 11.6 Å². The maximum absolute atomic E-state index is 6.35. The SMILES string of the molecule is COc1cc(C(C)C)c(Cl)cc1C1CCCN1. The minimum atomic E-state index is 0.392. The first kappa shape index (κ1) is 12.7. The largest absolute Gasteiger partial charge is 0.496 e.